The van der Waals surface area contributed by atoms with Crippen molar-refractivity contribution >= 4 is 22.9 Å². The van der Waals surface area contributed by atoms with Crippen LogP contribution < -0.4 is 0 Å². The maximum atomic E-state index is 12.9. The Bertz CT molecular complexity index is 700. The van der Waals surface area contributed by atoms with Gasteiger partial charge in [-0.25, -0.2) is 4.39 Å². The van der Waals surface area contributed by atoms with E-state index in [2.05, 4.69) is 4.98 Å². The maximum Gasteiger partial charge on any atom is 0.288 e. The van der Waals surface area contributed by atoms with Crippen LogP contribution in [0.15, 0.2) is 42.6 Å². The molecule has 0 spiro atoms. The highest BCUT2D eigenvalue weighted by Crippen LogP contribution is 2.20. The van der Waals surface area contributed by atoms with E-state index in [0.717, 1.165) is 41.4 Å². The second-order valence-corrected chi connectivity index (χ2v) is 6.19. The summed E-state index contributed by atoms with van der Waals surface area (Å²) in [6.07, 6.45) is 3.25. The fourth-order valence-corrected chi connectivity index (χ4v) is 3.15. The summed E-state index contributed by atoms with van der Waals surface area (Å²) >= 11 is 1.06. The fourth-order valence-electron chi connectivity index (χ4n) is 2.40. The molecule has 1 aliphatic heterocycles. The van der Waals surface area contributed by atoms with Crippen LogP contribution in [-0.2, 0) is 11.2 Å². The molecule has 2 aromatic rings. The van der Waals surface area contributed by atoms with E-state index >= 15 is 0 Å². The summed E-state index contributed by atoms with van der Waals surface area (Å²) in [6, 6.07) is 10.1. The Hall–Kier alpha value is -2.21. The molecule has 3 rings (SSSR count). The van der Waals surface area contributed by atoms with Gasteiger partial charge in [-0.15, -0.1) is 0 Å². The Morgan fingerprint density at radius 3 is 2.52 bits per heavy atom. The van der Waals surface area contributed by atoms with Crippen molar-refractivity contribution in [2.45, 2.75) is 12.8 Å². The van der Waals surface area contributed by atoms with Crippen LogP contribution in [0.25, 0.3) is 11.3 Å². The lowest BCUT2D eigenvalue weighted by Gasteiger charge is -2.12. The van der Waals surface area contributed by atoms with Crippen LogP contribution in [0.1, 0.15) is 12.0 Å². The molecule has 118 valence electrons. The van der Waals surface area contributed by atoms with Gasteiger partial charge in [0, 0.05) is 18.3 Å². The van der Waals surface area contributed by atoms with Crippen LogP contribution in [0, 0.1) is 5.82 Å². The van der Waals surface area contributed by atoms with Crippen molar-refractivity contribution in [3.8, 4) is 11.3 Å². The fraction of sp³-hybridized carbons (Fsp3) is 0.235. The zero-order chi connectivity index (χ0) is 16.2. The first-order chi connectivity index (χ1) is 11.1. The molecule has 0 aliphatic carbocycles. The van der Waals surface area contributed by atoms with Crippen LogP contribution in [0.4, 0.5) is 9.18 Å². The summed E-state index contributed by atoms with van der Waals surface area (Å²) in [4.78, 5) is 28.7. The van der Waals surface area contributed by atoms with Crippen LogP contribution in [0.2, 0.25) is 0 Å². The second-order valence-electron chi connectivity index (χ2n) is 5.26. The molecule has 23 heavy (non-hydrogen) atoms. The minimum atomic E-state index is -0.269. The number of halogens is 1. The summed E-state index contributed by atoms with van der Waals surface area (Å²) in [5, 5.41) is -0.153. The average Bonchev–Trinajstić information content (AvgIpc) is 2.88. The standard InChI is InChI=1S/C17H15FN2O2S/c18-14-6-4-13(5-7-14)15-8-3-12(10-19-15)2-1-9-20-16(21)11-23-17(20)22/h3-8,10H,1-2,9,11H2. The second kappa shape index (κ2) is 6.91. The number of aryl methyl sites for hydroxylation is 1. The summed E-state index contributed by atoms with van der Waals surface area (Å²) in [6.45, 7) is 0.449. The van der Waals surface area contributed by atoms with Crippen molar-refractivity contribution in [2.24, 2.45) is 0 Å². The number of carbonyl (C=O) groups excluding carboxylic acids is 2. The van der Waals surface area contributed by atoms with Crippen molar-refractivity contribution in [2.75, 3.05) is 12.3 Å². The number of rotatable bonds is 5. The zero-order valence-electron chi connectivity index (χ0n) is 12.4. The quantitative estimate of drug-likeness (QED) is 0.842. The maximum absolute atomic E-state index is 12.9. The largest absolute Gasteiger partial charge is 0.288 e. The van der Waals surface area contributed by atoms with E-state index < -0.39 is 0 Å². The Labute approximate surface area is 137 Å². The van der Waals surface area contributed by atoms with Gasteiger partial charge >= 0.3 is 0 Å². The lowest BCUT2D eigenvalue weighted by Crippen LogP contribution is -2.29. The molecule has 1 saturated heterocycles. The summed E-state index contributed by atoms with van der Waals surface area (Å²) in [7, 11) is 0. The van der Waals surface area contributed by atoms with Crippen molar-refractivity contribution in [3.05, 3.63) is 54.0 Å². The number of hydrogen-bond acceptors (Lipinski definition) is 4. The number of benzene rings is 1. The van der Waals surface area contributed by atoms with E-state index in [1.807, 2.05) is 12.1 Å². The molecule has 0 atom stereocenters. The van der Waals surface area contributed by atoms with Gasteiger partial charge in [0.1, 0.15) is 5.82 Å². The van der Waals surface area contributed by atoms with Crippen LogP contribution in [0.3, 0.4) is 0 Å². The van der Waals surface area contributed by atoms with E-state index in [1.165, 1.54) is 17.0 Å². The third kappa shape index (κ3) is 3.76. The third-order valence-corrected chi connectivity index (χ3v) is 4.51. The molecular formula is C17H15FN2O2S. The van der Waals surface area contributed by atoms with Crippen molar-refractivity contribution in [1.82, 2.24) is 9.88 Å². The molecule has 1 aliphatic rings. The molecule has 2 heterocycles. The first-order valence-electron chi connectivity index (χ1n) is 7.31. The van der Waals surface area contributed by atoms with E-state index in [-0.39, 0.29) is 22.7 Å². The summed E-state index contributed by atoms with van der Waals surface area (Å²) in [5.74, 6) is -0.119. The van der Waals surface area contributed by atoms with Crippen LogP contribution >= 0.6 is 11.8 Å². The Morgan fingerprint density at radius 1 is 1.13 bits per heavy atom. The predicted octanol–water partition coefficient (Wildman–Crippen LogP) is 3.52. The number of aromatic nitrogens is 1. The zero-order valence-corrected chi connectivity index (χ0v) is 13.2. The van der Waals surface area contributed by atoms with Crippen molar-refractivity contribution < 1.29 is 14.0 Å². The van der Waals surface area contributed by atoms with Gasteiger partial charge in [0.25, 0.3) is 5.24 Å². The highest BCUT2D eigenvalue weighted by Gasteiger charge is 2.28. The molecule has 4 nitrogen and oxygen atoms in total. The van der Waals surface area contributed by atoms with Gasteiger partial charge in [0.05, 0.1) is 11.4 Å². The van der Waals surface area contributed by atoms with Gasteiger partial charge in [0.2, 0.25) is 5.91 Å². The van der Waals surface area contributed by atoms with E-state index in [4.69, 9.17) is 0 Å². The first kappa shape index (κ1) is 15.7. The molecule has 2 amide bonds. The van der Waals surface area contributed by atoms with Gasteiger partial charge < -0.3 is 0 Å². The Morgan fingerprint density at radius 2 is 1.91 bits per heavy atom. The number of thioether (sulfide) groups is 1. The number of hydrogen-bond donors (Lipinski definition) is 0. The number of carbonyl (C=O) groups is 2. The van der Waals surface area contributed by atoms with Crippen LogP contribution in [0.5, 0.6) is 0 Å². The minimum Gasteiger partial charge on any atom is -0.273 e. The molecule has 0 unspecified atom stereocenters. The number of amides is 2. The monoisotopic (exact) mass is 330 g/mol. The van der Waals surface area contributed by atoms with Gasteiger partial charge in [0.15, 0.2) is 0 Å². The van der Waals surface area contributed by atoms with E-state index in [0.29, 0.717) is 6.54 Å². The van der Waals surface area contributed by atoms with Gasteiger partial charge in [-0.1, -0.05) is 17.8 Å². The third-order valence-electron chi connectivity index (χ3n) is 3.65. The van der Waals surface area contributed by atoms with Gasteiger partial charge in [-0.2, -0.15) is 0 Å². The van der Waals surface area contributed by atoms with Crippen LogP contribution in [-0.4, -0.2) is 33.3 Å². The van der Waals surface area contributed by atoms with Gasteiger partial charge in [-0.05, 0) is 48.7 Å². The molecular weight excluding hydrogens is 315 g/mol. The lowest BCUT2D eigenvalue weighted by atomic mass is 10.1. The molecule has 1 aromatic carbocycles. The van der Waals surface area contributed by atoms with E-state index in [9.17, 15) is 14.0 Å². The molecule has 0 N–H and O–H groups in total. The predicted molar refractivity (Wildman–Crippen MR) is 87.5 cm³/mol. The van der Waals surface area contributed by atoms with Gasteiger partial charge in [-0.3, -0.25) is 19.5 Å². The van der Waals surface area contributed by atoms with Crippen molar-refractivity contribution in [3.63, 3.8) is 0 Å². The van der Waals surface area contributed by atoms with Crippen molar-refractivity contribution in [1.29, 1.82) is 0 Å². The molecule has 1 aromatic heterocycles. The SMILES string of the molecule is O=C1CSC(=O)N1CCCc1ccc(-c2ccc(F)cc2)nc1. The normalized spacial score (nSPS) is 14.6. The molecule has 0 bridgehead atoms. The minimum absolute atomic E-state index is 0.107. The number of pyridine rings is 1. The summed E-state index contributed by atoms with van der Waals surface area (Å²) in [5.41, 5.74) is 2.70. The topological polar surface area (TPSA) is 50.3 Å². The number of nitrogens with zero attached hydrogens (tertiary/aromatic N) is 2. The average molecular weight is 330 g/mol. The first-order valence-corrected chi connectivity index (χ1v) is 8.30. The highest BCUT2D eigenvalue weighted by atomic mass is 32.2. The molecule has 0 radical (unpaired) electrons. The Balaban J connectivity index is 1.56. The lowest BCUT2D eigenvalue weighted by molar-refractivity contribution is -0.124. The molecule has 0 saturated carbocycles. The van der Waals surface area contributed by atoms with E-state index in [1.54, 1.807) is 18.3 Å². The molecule has 6 heteroatoms. The number of imide groups is 1. The molecule has 1 fully saturated rings. The highest BCUT2D eigenvalue weighted by molar-refractivity contribution is 8.14. The Kier molecular flexibility index (Phi) is 4.71. The smallest absolute Gasteiger partial charge is 0.273 e. The summed E-state index contributed by atoms with van der Waals surface area (Å²) < 4.78 is 12.9.